The van der Waals surface area contributed by atoms with Gasteiger partial charge in [-0.1, -0.05) is 17.7 Å². The zero-order chi connectivity index (χ0) is 17.1. The minimum Gasteiger partial charge on any atom is -0.468 e. The number of furan rings is 1. The Hall–Kier alpha value is -1.88. The Morgan fingerprint density at radius 3 is 2.96 bits per heavy atom. The standard InChI is InChI=1S/C20H21ClN2O2/c21-17-10-15-4-1-7-22-20(15)16(11-17)12-23(13-18-5-2-8-24-18)14-19-6-3-9-25-19/h1-2,4-5,7-8,10-11,19H,3,6,9,12-14H2. The summed E-state index contributed by atoms with van der Waals surface area (Å²) in [5.41, 5.74) is 2.14. The first-order valence-corrected chi connectivity index (χ1v) is 9.05. The van der Waals surface area contributed by atoms with Crippen molar-refractivity contribution in [3.05, 3.63) is 65.2 Å². The molecule has 0 spiro atoms. The summed E-state index contributed by atoms with van der Waals surface area (Å²) in [6, 6.07) is 11.9. The van der Waals surface area contributed by atoms with Crippen molar-refractivity contribution in [2.75, 3.05) is 13.2 Å². The van der Waals surface area contributed by atoms with E-state index >= 15 is 0 Å². The highest BCUT2D eigenvalue weighted by Gasteiger charge is 2.21. The van der Waals surface area contributed by atoms with Gasteiger partial charge in [-0.15, -0.1) is 0 Å². The average molecular weight is 357 g/mol. The number of benzene rings is 1. The monoisotopic (exact) mass is 356 g/mol. The van der Waals surface area contributed by atoms with E-state index in [4.69, 9.17) is 20.8 Å². The van der Waals surface area contributed by atoms with Crippen LogP contribution in [0.5, 0.6) is 0 Å². The van der Waals surface area contributed by atoms with Crippen molar-refractivity contribution in [3.8, 4) is 0 Å². The van der Waals surface area contributed by atoms with Crippen molar-refractivity contribution >= 4 is 22.5 Å². The molecule has 0 N–H and O–H groups in total. The highest BCUT2D eigenvalue weighted by atomic mass is 35.5. The number of fused-ring (bicyclic) bond motifs is 1. The van der Waals surface area contributed by atoms with Crippen LogP contribution in [0.25, 0.3) is 10.9 Å². The van der Waals surface area contributed by atoms with Crippen molar-refractivity contribution in [3.63, 3.8) is 0 Å². The van der Waals surface area contributed by atoms with Crippen LogP contribution in [0.4, 0.5) is 0 Å². The molecule has 1 fully saturated rings. The lowest BCUT2D eigenvalue weighted by Crippen LogP contribution is -2.31. The fourth-order valence-corrected chi connectivity index (χ4v) is 3.72. The first kappa shape index (κ1) is 16.6. The lowest BCUT2D eigenvalue weighted by atomic mass is 10.1. The van der Waals surface area contributed by atoms with Gasteiger partial charge in [-0.05, 0) is 48.7 Å². The zero-order valence-electron chi connectivity index (χ0n) is 14.0. The second-order valence-corrected chi connectivity index (χ2v) is 6.96. The Morgan fingerprint density at radius 1 is 1.20 bits per heavy atom. The Kier molecular flexibility index (Phi) is 5.02. The molecule has 2 aromatic heterocycles. The van der Waals surface area contributed by atoms with E-state index in [1.54, 1.807) is 6.26 Å². The molecule has 1 aromatic carbocycles. The molecule has 0 amide bonds. The van der Waals surface area contributed by atoms with E-state index in [0.29, 0.717) is 0 Å². The molecule has 3 heterocycles. The molecule has 4 rings (SSSR count). The van der Waals surface area contributed by atoms with E-state index in [2.05, 4.69) is 16.0 Å². The molecule has 0 saturated carbocycles. The van der Waals surface area contributed by atoms with Crippen molar-refractivity contribution in [1.29, 1.82) is 0 Å². The number of hydrogen-bond donors (Lipinski definition) is 0. The van der Waals surface area contributed by atoms with Crippen LogP contribution >= 0.6 is 11.6 Å². The maximum absolute atomic E-state index is 6.33. The van der Waals surface area contributed by atoms with Crippen LogP contribution in [0.2, 0.25) is 5.02 Å². The molecule has 1 aliphatic rings. The number of halogens is 1. The van der Waals surface area contributed by atoms with Gasteiger partial charge in [-0.3, -0.25) is 9.88 Å². The van der Waals surface area contributed by atoms with Gasteiger partial charge in [0.1, 0.15) is 5.76 Å². The van der Waals surface area contributed by atoms with Gasteiger partial charge in [0.05, 0.1) is 24.4 Å². The molecule has 0 bridgehead atoms. The summed E-state index contributed by atoms with van der Waals surface area (Å²) >= 11 is 6.33. The first-order valence-electron chi connectivity index (χ1n) is 8.67. The van der Waals surface area contributed by atoms with Gasteiger partial charge in [0.2, 0.25) is 0 Å². The maximum atomic E-state index is 6.33. The van der Waals surface area contributed by atoms with Crippen molar-refractivity contribution in [2.24, 2.45) is 0 Å². The third-order valence-corrected chi connectivity index (χ3v) is 4.81. The number of hydrogen-bond acceptors (Lipinski definition) is 4. The van der Waals surface area contributed by atoms with E-state index < -0.39 is 0 Å². The van der Waals surface area contributed by atoms with Crippen LogP contribution < -0.4 is 0 Å². The van der Waals surface area contributed by atoms with E-state index in [9.17, 15) is 0 Å². The number of nitrogens with zero attached hydrogens (tertiary/aromatic N) is 2. The largest absolute Gasteiger partial charge is 0.468 e. The predicted molar refractivity (Wildman–Crippen MR) is 98.5 cm³/mol. The molecule has 0 aliphatic carbocycles. The summed E-state index contributed by atoms with van der Waals surface area (Å²) < 4.78 is 11.4. The molecular formula is C20H21ClN2O2. The lowest BCUT2D eigenvalue weighted by molar-refractivity contribution is 0.0656. The normalized spacial score (nSPS) is 17.6. The zero-order valence-corrected chi connectivity index (χ0v) is 14.8. The molecule has 5 heteroatoms. The minimum absolute atomic E-state index is 0.286. The van der Waals surface area contributed by atoms with Crippen LogP contribution in [0.3, 0.4) is 0 Å². The molecule has 1 atom stereocenters. The molecule has 4 nitrogen and oxygen atoms in total. The van der Waals surface area contributed by atoms with Gasteiger partial charge in [0.25, 0.3) is 0 Å². The van der Waals surface area contributed by atoms with Crippen LogP contribution in [-0.2, 0) is 17.8 Å². The number of aromatic nitrogens is 1. The summed E-state index contributed by atoms with van der Waals surface area (Å²) in [6.45, 7) is 3.24. The maximum Gasteiger partial charge on any atom is 0.117 e. The summed E-state index contributed by atoms with van der Waals surface area (Å²) in [4.78, 5) is 6.92. The van der Waals surface area contributed by atoms with E-state index in [0.717, 1.165) is 66.3 Å². The number of pyridine rings is 1. The number of rotatable bonds is 6. The van der Waals surface area contributed by atoms with Gasteiger partial charge in [0.15, 0.2) is 0 Å². The van der Waals surface area contributed by atoms with Crippen LogP contribution in [0, 0.1) is 0 Å². The summed E-state index contributed by atoms with van der Waals surface area (Å²) in [7, 11) is 0. The second kappa shape index (κ2) is 7.56. The highest BCUT2D eigenvalue weighted by Crippen LogP contribution is 2.25. The molecule has 3 aromatic rings. The van der Waals surface area contributed by atoms with Crippen molar-refractivity contribution < 1.29 is 9.15 Å². The first-order chi connectivity index (χ1) is 12.3. The smallest absolute Gasteiger partial charge is 0.117 e. The quantitative estimate of drug-likeness (QED) is 0.643. The fraction of sp³-hybridized carbons (Fsp3) is 0.350. The average Bonchev–Trinajstić information content (AvgIpc) is 3.28. The van der Waals surface area contributed by atoms with E-state index in [1.165, 1.54) is 0 Å². The highest BCUT2D eigenvalue weighted by molar-refractivity contribution is 6.31. The van der Waals surface area contributed by atoms with Gasteiger partial charge in [0, 0.05) is 36.3 Å². The van der Waals surface area contributed by atoms with Crippen molar-refractivity contribution in [2.45, 2.75) is 32.0 Å². The SMILES string of the molecule is Clc1cc(CN(Cc2ccco2)CC2CCCO2)c2ncccc2c1. The van der Waals surface area contributed by atoms with Crippen LogP contribution in [0.1, 0.15) is 24.2 Å². The Labute approximate surface area is 152 Å². The predicted octanol–water partition coefficient (Wildman–Crippen LogP) is 4.66. The Morgan fingerprint density at radius 2 is 2.16 bits per heavy atom. The molecule has 1 aliphatic heterocycles. The molecule has 0 radical (unpaired) electrons. The second-order valence-electron chi connectivity index (χ2n) is 6.52. The van der Waals surface area contributed by atoms with Crippen LogP contribution in [0.15, 0.2) is 53.3 Å². The Balaban J connectivity index is 1.60. The molecule has 1 unspecified atom stereocenters. The van der Waals surface area contributed by atoms with Gasteiger partial charge < -0.3 is 9.15 Å². The summed E-state index contributed by atoms with van der Waals surface area (Å²) in [6.07, 6.45) is 6.09. The molecule has 25 heavy (non-hydrogen) atoms. The van der Waals surface area contributed by atoms with Gasteiger partial charge >= 0.3 is 0 Å². The molecule has 1 saturated heterocycles. The third kappa shape index (κ3) is 4.03. The fourth-order valence-electron chi connectivity index (χ4n) is 3.47. The van der Waals surface area contributed by atoms with E-state index in [1.807, 2.05) is 36.5 Å². The lowest BCUT2D eigenvalue weighted by Gasteiger charge is -2.25. The molecular weight excluding hydrogens is 336 g/mol. The van der Waals surface area contributed by atoms with Gasteiger partial charge in [-0.2, -0.15) is 0 Å². The van der Waals surface area contributed by atoms with Crippen LogP contribution in [-0.4, -0.2) is 29.1 Å². The van der Waals surface area contributed by atoms with Gasteiger partial charge in [-0.25, -0.2) is 0 Å². The summed E-state index contributed by atoms with van der Waals surface area (Å²) in [5, 5.41) is 1.81. The Bertz CT molecular complexity index is 829. The topological polar surface area (TPSA) is 38.5 Å². The molecule has 130 valence electrons. The van der Waals surface area contributed by atoms with E-state index in [-0.39, 0.29) is 6.10 Å². The summed E-state index contributed by atoms with van der Waals surface area (Å²) in [5.74, 6) is 0.956. The number of ether oxygens (including phenoxy) is 1. The third-order valence-electron chi connectivity index (χ3n) is 4.59. The van der Waals surface area contributed by atoms with Crippen molar-refractivity contribution in [1.82, 2.24) is 9.88 Å². The minimum atomic E-state index is 0.286.